The minimum absolute atomic E-state index is 0.0313. The molecule has 0 saturated heterocycles. The van der Waals surface area contributed by atoms with Gasteiger partial charge in [-0.1, -0.05) is 12.1 Å². The maximum absolute atomic E-state index is 10.9. The van der Waals surface area contributed by atoms with Gasteiger partial charge in [0, 0.05) is 12.1 Å². The van der Waals surface area contributed by atoms with Crippen molar-refractivity contribution in [2.24, 2.45) is 5.73 Å². The minimum atomic E-state index is -0.197. The number of aromatic nitrogens is 5. The molecule has 0 bridgehead atoms. The van der Waals surface area contributed by atoms with E-state index >= 15 is 0 Å². The number of nitrogen functional groups attached to an aromatic ring is 2. The van der Waals surface area contributed by atoms with Gasteiger partial charge in [0.2, 0.25) is 6.41 Å². The van der Waals surface area contributed by atoms with E-state index in [2.05, 4.69) is 39.3 Å². The van der Waals surface area contributed by atoms with Crippen LogP contribution < -0.4 is 22.5 Å². The zero-order valence-corrected chi connectivity index (χ0v) is 18.8. The number of hydrogen-bond donors (Lipinski definition) is 4. The fourth-order valence-electron chi connectivity index (χ4n) is 2.23. The lowest BCUT2D eigenvalue weighted by atomic mass is 10.2. The van der Waals surface area contributed by atoms with Gasteiger partial charge in [-0.2, -0.15) is 0 Å². The van der Waals surface area contributed by atoms with Crippen LogP contribution in [-0.4, -0.2) is 49.5 Å². The summed E-state index contributed by atoms with van der Waals surface area (Å²) in [5.41, 5.74) is 17.2. The van der Waals surface area contributed by atoms with Gasteiger partial charge < -0.3 is 27.1 Å². The molecule has 32 heavy (non-hydrogen) atoms. The molecule has 0 aliphatic carbocycles. The zero-order valence-electron chi connectivity index (χ0n) is 18.8. The number of hydrogen-bond acceptors (Lipinski definition) is 9. The molecule has 11 heteroatoms. The third-order valence-electron chi connectivity index (χ3n) is 3.77. The molecule has 0 aliphatic heterocycles. The Morgan fingerprint density at radius 2 is 1.69 bits per heavy atom. The Balaban J connectivity index is 0.000000265. The topological polar surface area (TPSA) is 181 Å². The summed E-state index contributed by atoms with van der Waals surface area (Å²) in [4.78, 5) is 28.4. The van der Waals surface area contributed by atoms with Crippen molar-refractivity contribution < 1.29 is 9.59 Å². The Kier molecular flexibility index (Phi) is 11.0. The first-order valence-electron chi connectivity index (χ1n) is 9.97. The van der Waals surface area contributed by atoms with Crippen molar-refractivity contribution in [1.82, 2.24) is 30.0 Å². The lowest BCUT2D eigenvalue weighted by molar-refractivity contribution is -0.109. The molecule has 0 unspecified atom stereocenters. The molecule has 0 atom stereocenters. The minimum Gasteiger partial charge on any atom is -0.384 e. The highest BCUT2D eigenvalue weighted by Gasteiger charge is 2.10. The van der Waals surface area contributed by atoms with Crippen LogP contribution >= 0.6 is 0 Å². The Morgan fingerprint density at radius 1 is 1.06 bits per heavy atom. The van der Waals surface area contributed by atoms with E-state index in [0.717, 1.165) is 11.5 Å². The van der Waals surface area contributed by atoms with Gasteiger partial charge in [0.15, 0.2) is 11.6 Å². The van der Waals surface area contributed by atoms with Crippen molar-refractivity contribution in [2.75, 3.05) is 18.0 Å². The standard InChI is InChI=1S/C10H13N5.C7H9N3O.C4H9NO/c1-7(2)15-6-12-14-10(15)8-4-3-5-9(11)13-8;8-4-6(11)5-2-1-3-7(9)10-5;1-4(2)5-3-6/h3-7H,1-2H3,(H2,11,13);1-3H,4,8H2,(H2,9,10);3-4H,1-2H3,(H,5,6). The van der Waals surface area contributed by atoms with Crippen molar-refractivity contribution in [1.29, 1.82) is 0 Å². The molecule has 11 nitrogen and oxygen atoms in total. The van der Waals surface area contributed by atoms with Crippen LogP contribution in [0.3, 0.4) is 0 Å². The SMILES string of the molecule is CC(C)NC=O.CC(C)n1cnnc1-c1cccc(N)n1.NCC(=O)c1cccc(N)n1. The predicted molar refractivity (Wildman–Crippen MR) is 124 cm³/mol. The average molecular weight is 442 g/mol. The summed E-state index contributed by atoms with van der Waals surface area (Å²) in [6.45, 7) is 7.93. The summed E-state index contributed by atoms with van der Waals surface area (Å²) in [6.07, 6.45) is 2.40. The van der Waals surface area contributed by atoms with Crippen molar-refractivity contribution in [2.45, 2.75) is 39.8 Å². The number of carbonyl (C=O) groups is 2. The van der Waals surface area contributed by atoms with Crippen LogP contribution in [0.1, 0.15) is 44.2 Å². The number of Topliss-reactive ketones (excluding diaryl/α,β-unsaturated/α-hetero) is 1. The summed E-state index contributed by atoms with van der Waals surface area (Å²) < 4.78 is 1.96. The van der Waals surface area contributed by atoms with Crippen LogP contribution in [0, 0.1) is 0 Å². The van der Waals surface area contributed by atoms with Crippen LogP contribution in [0.2, 0.25) is 0 Å². The molecule has 0 spiro atoms. The number of pyridine rings is 2. The Bertz CT molecular complexity index is 987. The van der Waals surface area contributed by atoms with E-state index < -0.39 is 0 Å². The van der Waals surface area contributed by atoms with Gasteiger partial charge in [-0.25, -0.2) is 9.97 Å². The number of nitrogens with zero attached hydrogens (tertiary/aromatic N) is 5. The fourth-order valence-corrected chi connectivity index (χ4v) is 2.23. The molecule has 3 aromatic rings. The van der Waals surface area contributed by atoms with E-state index in [1.807, 2.05) is 30.5 Å². The first-order chi connectivity index (χ1) is 15.2. The second kappa shape index (κ2) is 13.4. The molecule has 1 amide bonds. The van der Waals surface area contributed by atoms with E-state index in [9.17, 15) is 9.59 Å². The van der Waals surface area contributed by atoms with Gasteiger partial charge in [-0.15, -0.1) is 10.2 Å². The average Bonchev–Trinajstić information content (AvgIpc) is 3.24. The maximum atomic E-state index is 10.9. The highest BCUT2D eigenvalue weighted by Crippen LogP contribution is 2.18. The number of rotatable bonds is 6. The molecule has 0 fully saturated rings. The number of nitrogens with two attached hydrogens (primary N) is 3. The van der Waals surface area contributed by atoms with Crippen LogP contribution in [-0.2, 0) is 4.79 Å². The quantitative estimate of drug-likeness (QED) is 0.325. The van der Waals surface area contributed by atoms with Crippen LogP contribution in [0.5, 0.6) is 0 Å². The normalized spacial score (nSPS) is 9.97. The smallest absolute Gasteiger partial charge is 0.207 e. The Labute approximate surface area is 187 Å². The molecule has 3 rings (SSSR count). The van der Waals surface area contributed by atoms with Crippen molar-refractivity contribution in [3.8, 4) is 11.5 Å². The molecule has 7 N–H and O–H groups in total. The summed E-state index contributed by atoms with van der Waals surface area (Å²) in [6, 6.07) is 10.9. The highest BCUT2D eigenvalue weighted by molar-refractivity contribution is 5.95. The molecule has 172 valence electrons. The van der Waals surface area contributed by atoms with Crippen molar-refractivity contribution >= 4 is 23.8 Å². The Morgan fingerprint density at radius 3 is 2.16 bits per heavy atom. The van der Waals surface area contributed by atoms with E-state index in [1.54, 1.807) is 30.6 Å². The third-order valence-corrected chi connectivity index (χ3v) is 3.77. The van der Waals surface area contributed by atoms with E-state index in [4.69, 9.17) is 17.2 Å². The van der Waals surface area contributed by atoms with Gasteiger partial charge in [0.25, 0.3) is 0 Å². The van der Waals surface area contributed by atoms with E-state index in [0.29, 0.717) is 29.8 Å². The summed E-state index contributed by atoms with van der Waals surface area (Å²) >= 11 is 0. The molecular weight excluding hydrogens is 410 g/mol. The molecule has 0 saturated carbocycles. The maximum Gasteiger partial charge on any atom is 0.207 e. The van der Waals surface area contributed by atoms with Crippen molar-refractivity contribution in [3.63, 3.8) is 0 Å². The largest absolute Gasteiger partial charge is 0.384 e. The van der Waals surface area contributed by atoms with Gasteiger partial charge in [0.05, 0.1) is 6.54 Å². The molecule has 0 aliphatic rings. The molecule has 0 aromatic carbocycles. The van der Waals surface area contributed by atoms with Crippen LogP contribution in [0.25, 0.3) is 11.5 Å². The second-order valence-corrected chi connectivity index (χ2v) is 7.12. The highest BCUT2D eigenvalue weighted by atomic mass is 16.1. The summed E-state index contributed by atoms with van der Waals surface area (Å²) in [7, 11) is 0. The van der Waals surface area contributed by atoms with E-state index in [1.165, 1.54) is 0 Å². The molecule has 0 radical (unpaired) electrons. The first kappa shape index (κ1) is 26.2. The van der Waals surface area contributed by atoms with E-state index in [-0.39, 0.29) is 18.4 Å². The first-order valence-corrected chi connectivity index (χ1v) is 9.97. The molecular formula is C21H31N9O2. The summed E-state index contributed by atoms with van der Waals surface area (Å²) in [5, 5.41) is 10.5. The second-order valence-electron chi connectivity index (χ2n) is 7.12. The molecule has 3 heterocycles. The predicted octanol–water partition coefficient (Wildman–Crippen LogP) is 1.45. The third kappa shape index (κ3) is 8.88. The molecule has 3 aromatic heterocycles. The van der Waals surface area contributed by atoms with Crippen LogP contribution in [0.15, 0.2) is 42.7 Å². The number of anilines is 2. The lowest BCUT2D eigenvalue weighted by Gasteiger charge is -2.09. The van der Waals surface area contributed by atoms with Gasteiger partial charge in [-0.3, -0.25) is 9.59 Å². The number of ketones is 1. The van der Waals surface area contributed by atoms with Crippen molar-refractivity contribution in [3.05, 3.63) is 48.4 Å². The lowest BCUT2D eigenvalue weighted by Crippen LogP contribution is -2.19. The number of carbonyl (C=O) groups excluding carboxylic acids is 2. The number of nitrogens with one attached hydrogen (secondary N) is 1. The van der Waals surface area contributed by atoms with Gasteiger partial charge in [0.1, 0.15) is 29.4 Å². The summed E-state index contributed by atoms with van der Waals surface area (Å²) in [5.74, 6) is 1.38. The van der Waals surface area contributed by atoms with Gasteiger partial charge in [-0.05, 0) is 52.0 Å². The van der Waals surface area contributed by atoms with Crippen LogP contribution in [0.4, 0.5) is 11.6 Å². The zero-order chi connectivity index (χ0) is 24.1. The van der Waals surface area contributed by atoms with Gasteiger partial charge >= 0.3 is 0 Å². The Hall–Kier alpha value is -3.86. The monoisotopic (exact) mass is 441 g/mol. The fraction of sp³-hybridized carbons (Fsp3) is 0.333. The number of amides is 1.